The summed E-state index contributed by atoms with van der Waals surface area (Å²) < 4.78 is 6.76. The summed E-state index contributed by atoms with van der Waals surface area (Å²) in [6.07, 6.45) is 2.41. The van der Waals surface area contributed by atoms with Gasteiger partial charge < -0.3 is 15.6 Å². The molecule has 4 aromatic rings. The Bertz CT molecular complexity index is 1380. The number of hydrogen-bond donors (Lipinski definition) is 2. The van der Waals surface area contributed by atoms with Crippen molar-refractivity contribution in [3.05, 3.63) is 73.1 Å². The van der Waals surface area contributed by atoms with Gasteiger partial charge in [0, 0.05) is 17.7 Å². The smallest absolute Gasteiger partial charge is 0.260 e. The summed E-state index contributed by atoms with van der Waals surface area (Å²) >= 11 is 0. The Balaban J connectivity index is 1.72. The van der Waals surface area contributed by atoms with Gasteiger partial charge in [-0.2, -0.15) is 5.10 Å². The van der Waals surface area contributed by atoms with E-state index in [1.165, 1.54) is 19.5 Å². The first-order chi connectivity index (χ1) is 16.4. The standard InChI is InChI=1S/C24H22N6O4/c1-3-19(32)29(24(33)15-7-5-4-6-8-15)11-12-30-23-20(22(25)26-14-27-23)21(28-30)16-9-10-17(31)18(13-16)34-2/h3-10,13-14,31H,1,11-12H2,2H3,(H2,25,26,27). The molecule has 2 amide bonds. The van der Waals surface area contributed by atoms with Crippen LogP contribution in [0.1, 0.15) is 10.4 Å². The Morgan fingerprint density at radius 2 is 1.97 bits per heavy atom. The van der Waals surface area contributed by atoms with E-state index in [0.717, 1.165) is 11.0 Å². The number of nitrogens with zero attached hydrogens (tertiary/aromatic N) is 5. The molecule has 2 aromatic carbocycles. The fraction of sp³-hybridized carbons (Fsp3) is 0.125. The molecule has 10 nitrogen and oxygen atoms in total. The predicted molar refractivity (Wildman–Crippen MR) is 126 cm³/mol. The molecule has 0 radical (unpaired) electrons. The lowest BCUT2D eigenvalue weighted by atomic mass is 10.1. The number of imide groups is 1. The van der Waals surface area contributed by atoms with Crippen molar-refractivity contribution >= 4 is 28.7 Å². The second-order valence-corrected chi connectivity index (χ2v) is 7.28. The Morgan fingerprint density at radius 1 is 1.21 bits per heavy atom. The maximum absolute atomic E-state index is 13.0. The van der Waals surface area contributed by atoms with E-state index in [1.807, 2.05) is 0 Å². The first-order valence-corrected chi connectivity index (χ1v) is 10.3. The molecule has 0 aliphatic rings. The Kier molecular flexibility index (Phi) is 6.22. The summed E-state index contributed by atoms with van der Waals surface area (Å²) in [5.74, 6) is -0.496. The number of fused-ring (bicyclic) bond motifs is 1. The molecule has 2 heterocycles. The number of methoxy groups -OCH3 is 1. The highest BCUT2D eigenvalue weighted by molar-refractivity contribution is 6.07. The normalized spacial score (nSPS) is 10.7. The summed E-state index contributed by atoms with van der Waals surface area (Å²) in [5, 5.41) is 15.1. The number of aromatic hydroxyl groups is 1. The molecule has 0 atom stereocenters. The predicted octanol–water partition coefficient (Wildman–Crippen LogP) is 2.64. The lowest BCUT2D eigenvalue weighted by molar-refractivity contribution is -0.123. The molecule has 0 spiro atoms. The number of hydrogen-bond acceptors (Lipinski definition) is 8. The monoisotopic (exact) mass is 458 g/mol. The highest BCUT2D eigenvalue weighted by Crippen LogP contribution is 2.35. The van der Waals surface area contributed by atoms with E-state index in [2.05, 4.69) is 21.6 Å². The number of phenols is 1. The van der Waals surface area contributed by atoms with Gasteiger partial charge in [0.2, 0.25) is 0 Å². The van der Waals surface area contributed by atoms with Crippen molar-refractivity contribution in [1.82, 2.24) is 24.6 Å². The molecule has 0 unspecified atom stereocenters. The van der Waals surface area contributed by atoms with Gasteiger partial charge in [0.1, 0.15) is 17.8 Å². The third-order valence-corrected chi connectivity index (χ3v) is 5.25. The van der Waals surface area contributed by atoms with E-state index >= 15 is 0 Å². The van der Waals surface area contributed by atoms with Gasteiger partial charge in [0.15, 0.2) is 17.1 Å². The van der Waals surface area contributed by atoms with Crippen LogP contribution in [0.4, 0.5) is 5.82 Å². The fourth-order valence-electron chi connectivity index (χ4n) is 3.57. The van der Waals surface area contributed by atoms with Crippen molar-refractivity contribution in [2.75, 3.05) is 19.4 Å². The van der Waals surface area contributed by atoms with E-state index in [9.17, 15) is 14.7 Å². The fourth-order valence-corrected chi connectivity index (χ4v) is 3.57. The van der Waals surface area contributed by atoms with Crippen LogP contribution < -0.4 is 10.5 Å². The zero-order chi connectivity index (χ0) is 24.2. The van der Waals surface area contributed by atoms with Crippen LogP contribution in [-0.2, 0) is 11.3 Å². The topological polar surface area (TPSA) is 136 Å². The lowest BCUT2D eigenvalue weighted by Gasteiger charge is -2.19. The van der Waals surface area contributed by atoms with Gasteiger partial charge >= 0.3 is 0 Å². The molecular weight excluding hydrogens is 436 g/mol. The lowest BCUT2D eigenvalue weighted by Crippen LogP contribution is -2.38. The van der Waals surface area contributed by atoms with Crippen LogP contribution in [0.3, 0.4) is 0 Å². The second-order valence-electron chi connectivity index (χ2n) is 7.28. The Morgan fingerprint density at radius 3 is 2.68 bits per heavy atom. The average molecular weight is 458 g/mol. The van der Waals surface area contributed by atoms with Crippen LogP contribution >= 0.6 is 0 Å². The maximum Gasteiger partial charge on any atom is 0.260 e. The number of amides is 2. The molecule has 0 aliphatic carbocycles. The van der Waals surface area contributed by atoms with Gasteiger partial charge in [-0.3, -0.25) is 14.5 Å². The SMILES string of the molecule is C=CC(=O)N(CCn1nc(-c2ccc(O)c(OC)c2)c2c(N)ncnc21)C(=O)c1ccccc1. The second kappa shape index (κ2) is 9.41. The van der Waals surface area contributed by atoms with Crippen LogP contribution in [0.15, 0.2) is 67.5 Å². The van der Waals surface area contributed by atoms with Gasteiger partial charge in [-0.25, -0.2) is 14.6 Å². The quantitative estimate of drug-likeness (QED) is 0.403. The zero-order valence-electron chi connectivity index (χ0n) is 18.4. The molecule has 10 heteroatoms. The van der Waals surface area contributed by atoms with Gasteiger partial charge in [-0.15, -0.1) is 0 Å². The summed E-state index contributed by atoms with van der Waals surface area (Å²) in [7, 11) is 1.45. The Labute approximate surface area is 194 Å². The summed E-state index contributed by atoms with van der Waals surface area (Å²) in [4.78, 5) is 34.9. The molecule has 0 aliphatic heterocycles. The molecule has 0 fully saturated rings. The van der Waals surface area contributed by atoms with Gasteiger partial charge in [0.25, 0.3) is 11.8 Å². The first kappa shape index (κ1) is 22.5. The van der Waals surface area contributed by atoms with E-state index in [4.69, 9.17) is 10.5 Å². The molecule has 172 valence electrons. The number of rotatable bonds is 7. The molecule has 3 N–H and O–H groups in total. The van der Waals surface area contributed by atoms with Crippen LogP contribution in [0, 0.1) is 0 Å². The summed E-state index contributed by atoms with van der Waals surface area (Å²) in [6, 6.07) is 13.3. The number of nitrogens with two attached hydrogens (primary N) is 1. The van der Waals surface area contributed by atoms with Crippen LogP contribution in [-0.4, -0.2) is 55.2 Å². The van der Waals surface area contributed by atoms with E-state index in [-0.39, 0.29) is 30.4 Å². The molecular formula is C24H22N6O4. The average Bonchev–Trinajstić information content (AvgIpc) is 3.24. The van der Waals surface area contributed by atoms with Crippen molar-refractivity contribution in [3.8, 4) is 22.8 Å². The minimum absolute atomic E-state index is 0.0165. The summed E-state index contributed by atoms with van der Waals surface area (Å²) in [6.45, 7) is 3.68. The summed E-state index contributed by atoms with van der Waals surface area (Å²) in [5.41, 5.74) is 8.06. The molecule has 0 saturated carbocycles. The van der Waals surface area contributed by atoms with Gasteiger partial charge in [-0.05, 0) is 36.4 Å². The molecule has 34 heavy (non-hydrogen) atoms. The highest BCUT2D eigenvalue weighted by Gasteiger charge is 2.23. The highest BCUT2D eigenvalue weighted by atomic mass is 16.5. The van der Waals surface area contributed by atoms with E-state index in [0.29, 0.717) is 27.9 Å². The van der Waals surface area contributed by atoms with E-state index in [1.54, 1.807) is 47.1 Å². The van der Waals surface area contributed by atoms with Crippen molar-refractivity contribution in [1.29, 1.82) is 0 Å². The minimum Gasteiger partial charge on any atom is -0.504 e. The van der Waals surface area contributed by atoms with Gasteiger partial charge in [0.05, 0.1) is 19.0 Å². The van der Waals surface area contributed by atoms with Crippen LogP contribution in [0.2, 0.25) is 0 Å². The number of phenolic OH excluding ortho intramolecular Hbond substituents is 1. The molecule has 0 saturated heterocycles. The minimum atomic E-state index is -0.525. The first-order valence-electron chi connectivity index (χ1n) is 10.3. The number of ether oxygens (including phenoxy) is 1. The maximum atomic E-state index is 13.0. The largest absolute Gasteiger partial charge is 0.504 e. The van der Waals surface area contributed by atoms with Crippen LogP contribution in [0.25, 0.3) is 22.3 Å². The number of carbonyl (C=O) groups excluding carboxylic acids is 2. The molecule has 2 aromatic heterocycles. The number of aromatic nitrogens is 4. The van der Waals surface area contributed by atoms with Gasteiger partial charge in [-0.1, -0.05) is 24.8 Å². The Hall–Kier alpha value is -4.73. The molecule has 4 rings (SSSR count). The van der Waals surface area contributed by atoms with Crippen molar-refractivity contribution in [2.45, 2.75) is 6.54 Å². The van der Waals surface area contributed by atoms with Crippen LogP contribution in [0.5, 0.6) is 11.5 Å². The van der Waals surface area contributed by atoms with Crippen molar-refractivity contribution < 1.29 is 19.4 Å². The third-order valence-electron chi connectivity index (χ3n) is 5.25. The van der Waals surface area contributed by atoms with E-state index < -0.39 is 11.8 Å². The molecule has 0 bridgehead atoms. The third kappa shape index (κ3) is 4.16. The number of benzene rings is 2. The van der Waals surface area contributed by atoms with Crippen molar-refractivity contribution in [2.24, 2.45) is 0 Å². The number of nitrogen functional groups attached to an aromatic ring is 1. The number of anilines is 1. The van der Waals surface area contributed by atoms with Crippen molar-refractivity contribution in [3.63, 3.8) is 0 Å². The zero-order valence-corrected chi connectivity index (χ0v) is 18.4. The number of carbonyl (C=O) groups is 2.